The maximum atomic E-state index is 11.3. The summed E-state index contributed by atoms with van der Waals surface area (Å²) in [6.07, 6.45) is 3.42. The summed E-state index contributed by atoms with van der Waals surface area (Å²) in [5.74, 6) is 0.527. The van der Waals surface area contributed by atoms with Gasteiger partial charge in [-0.15, -0.1) is 0 Å². The Balaban J connectivity index is 1.86. The van der Waals surface area contributed by atoms with Gasteiger partial charge in [-0.2, -0.15) is 0 Å². The maximum absolute atomic E-state index is 11.3. The van der Waals surface area contributed by atoms with Gasteiger partial charge in [0.25, 0.3) is 5.91 Å². The summed E-state index contributed by atoms with van der Waals surface area (Å²) in [6.45, 7) is 2.17. The molecule has 2 rings (SSSR count). The summed E-state index contributed by atoms with van der Waals surface area (Å²) in [4.78, 5) is 11.3. The molecule has 0 saturated heterocycles. The molecule has 0 unspecified atom stereocenters. The Morgan fingerprint density at radius 3 is 3.00 bits per heavy atom. The minimum absolute atomic E-state index is 0.196. The van der Waals surface area contributed by atoms with Crippen LogP contribution in [0.1, 0.15) is 30.3 Å². The van der Waals surface area contributed by atoms with Crippen LogP contribution in [-0.2, 0) is 0 Å². The monoisotopic (exact) mass is 181 g/mol. The second-order valence-electron chi connectivity index (χ2n) is 3.54. The molecule has 1 N–H and O–H groups in total. The van der Waals surface area contributed by atoms with Crippen molar-refractivity contribution in [3.8, 4) is 0 Å². The second kappa shape index (κ2) is 3.16. The standard InChI is InChI=1S/C8H11N3O2/c1-5-2-6(3-5)10-8(12)7-4-9-13-11-7/h4-6H,2-3H2,1H3,(H,10,12). The topological polar surface area (TPSA) is 68.0 Å². The third-order valence-corrected chi connectivity index (χ3v) is 2.30. The van der Waals surface area contributed by atoms with Crippen LogP contribution in [0.2, 0.25) is 0 Å². The summed E-state index contributed by atoms with van der Waals surface area (Å²) >= 11 is 0. The molecule has 1 aromatic rings. The maximum Gasteiger partial charge on any atom is 0.275 e. The Labute approximate surface area is 75.5 Å². The number of nitrogens with one attached hydrogen (secondary N) is 1. The van der Waals surface area contributed by atoms with E-state index in [2.05, 4.69) is 27.2 Å². The number of hydrogen-bond donors (Lipinski definition) is 1. The van der Waals surface area contributed by atoms with Crippen molar-refractivity contribution >= 4 is 5.91 Å². The second-order valence-corrected chi connectivity index (χ2v) is 3.54. The molecule has 0 aromatic carbocycles. The zero-order valence-corrected chi connectivity index (χ0v) is 7.36. The Hall–Kier alpha value is -1.39. The lowest BCUT2D eigenvalue weighted by molar-refractivity contribution is 0.0886. The molecule has 0 spiro atoms. The molecular weight excluding hydrogens is 170 g/mol. The third kappa shape index (κ3) is 1.68. The largest absolute Gasteiger partial charge is 0.348 e. The number of nitrogens with zero attached hydrogens (tertiary/aromatic N) is 2. The van der Waals surface area contributed by atoms with Crippen molar-refractivity contribution in [1.29, 1.82) is 0 Å². The van der Waals surface area contributed by atoms with Crippen LogP contribution in [0.4, 0.5) is 0 Å². The van der Waals surface area contributed by atoms with E-state index in [0.717, 1.165) is 18.8 Å². The molecule has 1 saturated carbocycles. The number of rotatable bonds is 2. The van der Waals surface area contributed by atoms with E-state index >= 15 is 0 Å². The van der Waals surface area contributed by atoms with Crippen LogP contribution in [0, 0.1) is 5.92 Å². The molecule has 1 aromatic heterocycles. The Kier molecular flexibility index (Phi) is 2.00. The smallest absolute Gasteiger partial charge is 0.275 e. The number of carbonyl (C=O) groups is 1. The third-order valence-electron chi connectivity index (χ3n) is 2.30. The average Bonchev–Trinajstić information content (AvgIpc) is 2.53. The van der Waals surface area contributed by atoms with Crippen molar-refractivity contribution in [3.63, 3.8) is 0 Å². The van der Waals surface area contributed by atoms with Gasteiger partial charge in [-0.1, -0.05) is 12.1 Å². The first kappa shape index (κ1) is 8.22. The molecule has 1 aliphatic rings. The molecular formula is C8H11N3O2. The fourth-order valence-electron chi connectivity index (χ4n) is 1.54. The highest BCUT2D eigenvalue weighted by Gasteiger charge is 2.27. The highest BCUT2D eigenvalue weighted by molar-refractivity contribution is 5.91. The van der Waals surface area contributed by atoms with E-state index in [-0.39, 0.29) is 11.6 Å². The van der Waals surface area contributed by atoms with E-state index in [1.807, 2.05) is 0 Å². The number of carbonyl (C=O) groups excluding carboxylic acids is 1. The van der Waals surface area contributed by atoms with Gasteiger partial charge in [0.1, 0.15) is 6.20 Å². The Morgan fingerprint density at radius 2 is 2.46 bits per heavy atom. The van der Waals surface area contributed by atoms with Crippen LogP contribution < -0.4 is 5.32 Å². The fraction of sp³-hybridized carbons (Fsp3) is 0.625. The van der Waals surface area contributed by atoms with Gasteiger partial charge in [0.15, 0.2) is 5.69 Å². The first-order chi connectivity index (χ1) is 6.25. The van der Waals surface area contributed by atoms with Crippen molar-refractivity contribution in [2.24, 2.45) is 5.92 Å². The Morgan fingerprint density at radius 1 is 1.69 bits per heavy atom. The molecule has 1 heterocycles. The summed E-state index contributed by atoms with van der Waals surface area (Å²) in [7, 11) is 0. The minimum atomic E-state index is -0.196. The minimum Gasteiger partial charge on any atom is -0.348 e. The first-order valence-electron chi connectivity index (χ1n) is 4.34. The molecule has 0 aliphatic heterocycles. The lowest BCUT2D eigenvalue weighted by Gasteiger charge is -2.32. The van der Waals surface area contributed by atoms with E-state index in [1.54, 1.807) is 0 Å². The quantitative estimate of drug-likeness (QED) is 0.725. The van der Waals surface area contributed by atoms with Crippen LogP contribution in [0.25, 0.3) is 0 Å². The number of hydrogen-bond acceptors (Lipinski definition) is 4. The van der Waals surface area contributed by atoms with Crippen molar-refractivity contribution in [2.75, 3.05) is 0 Å². The van der Waals surface area contributed by atoms with Crippen LogP contribution in [0.15, 0.2) is 10.8 Å². The summed E-state index contributed by atoms with van der Waals surface area (Å²) in [5, 5.41) is 9.66. The van der Waals surface area contributed by atoms with E-state index < -0.39 is 0 Å². The van der Waals surface area contributed by atoms with E-state index in [4.69, 9.17) is 0 Å². The average molecular weight is 181 g/mol. The van der Waals surface area contributed by atoms with Gasteiger partial charge in [0, 0.05) is 6.04 Å². The summed E-state index contributed by atoms with van der Waals surface area (Å²) in [5.41, 5.74) is 0.250. The lowest BCUT2D eigenvalue weighted by atomic mass is 9.82. The van der Waals surface area contributed by atoms with E-state index in [0.29, 0.717) is 6.04 Å². The van der Waals surface area contributed by atoms with Crippen molar-refractivity contribution in [3.05, 3.63) is 11.9 Å². The van der Waals surface area contributed by atoms with Gasteiger partial charge >= 0.3 is 0 Å². The van der Waals surface area contributed by atoms with Gasteiger partial charge < -0.3 is 5.32 Å². The van der Waals surface area contributed by atoms with Crippen molar-refractivity contribution in [2.45, 2.75) is 25.8 Å². The summed E-state index contributed by atoms with van der Waals surface area (Å²) in [6, 6.07) is 0.305. The van der Waals surface area contributed by atoms with Gasteiger partial charge in [-0.3, -0.25) is 4.79 Å². The zero-order chi connectivity index (χ0) is 9.26. The highest BCUT2D eigenvalue weighted by atomic mass is 16.6. The number of amides is 1. The predicted octanol–water partition coefficient (Wildman–Crippen LogP) is 0.598. The van der Waals surface area contributed by atoms with Gasteiger partial charge in [-0.25, -0.2) is 4.63 Å². The molecule has 1 aliphatic carbocycles. The molecule has 0 bridgehead atoms. The SMILES string of the molecule is CC1CC(NC(=O)c2cnon2)C1. The molecule has 5 nitrogen and oxygen atoms in total. The Bertz CT molecular complexity index is 290. The molecule has 0 atom stereocenters. The van der Waals surface area contributed by atoms with Crippen molar-refractivity contribution < 1.29 is 9.42 Å². The van der Waals surface area contributed by atoms with Crippen LogP contribution in [0.3, 0.4) is 0 Å². The van der Waals surface area contributed by atoms with Crippen LogP contribution in [-0.4, -0.2) is 22.3 Å². The number of aromatic nitrogens is 2. The normalized spacial score (nSPS) is 26.5. The molecule has 0 radical (unpaired) electrons. The summed E-state index contributed by atoms with van der Waals surface area (Å²) < 4.78 is 4.33. The first-order valence-corrected chi connectivity index (χ1v) is 4.34. The van der Waals surface area contributed by atoms with Gasteiger partial charge in [0.2, 0.25) is 0 Å². The molecule has 5 heteroatoms. The highest BCUT2D eigenvalue weighted by Crippen LogP contribution is 2.26. The van der Waals surface area contributed by atoms with E-state index in [9.17, 15) is 4.79 Å². The van der Waals surface area contributed by atoms with Crippen molar-refractivity contribution in [1.82, 2.24) is 15.6 Å². The molecule has 70 valence electrons. The van der Waals surface area contributed by atoms with Gasteiger partial charge in [0.05, 0.1) is 0 Å². The fourth-order valence-corrected chi connectivity index (χ4v) is 1.54. The van der Waals surface area contributed by atoms with Gasteiger partial charge in [-0.05, 0) is 23.9 Å². The lowest BCUT2D eigenvalue weighted by Crippen LogP contribution is -2.43. The molecule has 1 fully saturated rings. The predicted molar refractivity (Wildman–Crippen MR) is 44.0 cm³/mol. The van der Waals surface area contributed by atoms with E-state index in [1.165, 1.54) is 6.20 Å². The van der Waals surface area contributed by atoms with Crippen LogP contribution >= 0.6 is 0 Å². The van der Waals surface area contributed by atoms with Crippen LogP contribution in [0.5, 0.6) is 0 Å². The molecule has 13 heavy (non-hydrogen) atoms. The molecule has 1 amide bonds. The zero-order valence-electron chi connectivity index (χ0n) is 7.36.